The van der Waals surface area contributed by atoms with E-state index in [1.165, 1.54) is 25.5 Å². The van der Waals surface area contributed by atoms with E-state index in [2.05, 4.69) is 6.92 Å². The number of hydrogen-bond acceptors (Lipinski definition) is 1. The highest BCUT2D eigenvalue weighted by molar-refractivity contribution is 5.57. The van der Waals surface area contributed by atoms with Crippen LogP contribution in [0, 0.1) is 29.1 Å². The molecular weight excluding hydrogens is 136 g/mol. The number of aldehydes is 1. The molecule has 0 spiro atoms. The number of carbonyl (C=O) groups is 1. The van der Waals surface area contributed by atoms with Gasteiger partial charge in [0.05, 0.1) is 0 Å². The normalized spacial score (nSPS) is 59.5. The molecule has 3 unspecified atom stereocenters. The van der Waals surface area contributed by atoms with Crippen molar-refractivity contribution in [2.45, 2.75) is 26.2 Å². The van der Waals surface area contributed by atoms with E-state index in [0.717, 1.165) is 17.8 Å². The third-order valence-electron chi connectivity index (χ3n) is 4.63. The lowest BCUT2D eigenvalue weighted by molar-refractivity contribution is -0.112. The van der Waals surface area contributed by atoms with Crippen molar-refractivity contribution in [1.29, 1.82) is 0 Å². The third-order valence-corrected chi connectivity index (χ3v) is 4.63. The molecule has 4 aliphatic rings. The fraction of sp³-hybridized carbons (Fsp3) is 0.900. The highest BCUT2D eigenvalue weighted by atomic mass is 16.1. The maximum absolute atomic E-state index is 10.7. The molecule has 0 aromatic heterocycles. The Morgan fingerprint density at radius 1 is 1.45 bits per heavy atom. The molecule has 0 aromatic rings. The highest BCUT2D eigenvalue weighted by Gasteiger charge is 2.75. The summed E-state index contributed by atoms with van der Waals surface area (Å²) in [7, 11) is 0. The van der Waals surface area contributed by atoms with Crippen molar-refractivity contribution < 1.29 is 4.79 Å². The van der Waals surface area contributed by atoms with Crippen LogP contribution in [0.15, 0.2) is 0 Å². The van der Waals surface area contributed by atoms with Crippen molar-refractivity contribution >= 4 is 6.29 Å². The first-order chi connectivity index (χ1) is 5.29. The monoisotopic (exact) mass is 150 g/mol. The van der Waals surface area contributed by atoms with Gasteiger partial charge in [-0.05, 0) is 42.4 Å². The number of carbonyl (C=O) groups excluding carboxylic acids is 1. The average molecular weight is 150 g/mol. The Labute approximate surface area is 67.2 Å². The molecule has 11 heavy (non-hydrogen) atoms. The first-order valence-electron chi connectivity index (χ1n) is 4.74. The van der Waals surface area contributed by atoms with Crippen LogP contribution in [0.1, 0.15) is 26.2 Å². The Kier molecular flexibility index (Phi) is 0.875. The molecule has 4 aliphatic carbocycles. The van der Waals surface area contributed by atoms with Crippen LogP contribution in [-0.4, -0.2) is 6.29 Å². The summed E-state index contributed by atoms with van der Waals surface area (Å²) in [5, 5.41) is 0. The molecule has 0 heterocycles. The second-order valence-electron chi connectivity index (χ2n) is 4.79. The molecule has 1 nitrogen and oxygen atoms in total. The zero-order valence-electron chi connectivity index (χ0n) is 6.92. The minimum absolute atomic E-state index is 0.352. The van der Waals surface area contributed by atoms with Crippen molar-refractivity contribution in [2.75, 3.05) is 0 Å². The quantitative estimate of drug-likeness (QED) is 0.549. The molecule has 0 radical (unpaired) electrons. The van der Waals surface area contributed by atoms with Crippen LogP contribution in [0.3, 0.4) is 0 Å². The number of rotatable bonds is 2. The summed E-state index contributed by atoms with van der Waals surface area (Å²) < 4.78 is 0. The lowest BCUT2D eigenvalue weighted by Crippen LogP contribution is -2.13. The molecule has 3 atom stereocenters. The number of hydrogen-bond donors (Lipinski definition) is 0. The zero-order chi connectivity index (χ0) is 7.64. The molecule has 4 bridgehead atoms. The van der Waals surface area contributed by atoms with Gasteiger partial charge < -0.3 is 4.79 Å². The van der Waals surface area contributed by atoms with Gasteiger partial charge >= 0.3 is 0 Å². The maximum atomic E-state index is 10.7. The van der Waals surface area contributed by atoms with Gasteiger partial charge in [0.2, 0.25) is 0 Å². The van der Waals surface area contributed by atoms with Crippen LogP contribution in [-0.2, 0) is 4.79 Å². The molecule has 0 N–H and O–H groups in total. The molecule has 0 amide bonds. The van der Waals surface area contributed by atoms with Gasteiger partial charge in [0.25, 0.3) is 0 Å². The van der Waals surface area contributed by atoms with Crippen molar-refractivity contribution in [3.63, 3.8) is 0 Å². The topological polar surface area (TPSA) is 17.1 Å². The van der Waals surface area contributed by atoms with Gasteiger partial charge in [0.1, 0.15) is 6.29 Å². The Hall–Kier alpha value is -0.330. The predicted octanol–water partition coefficient (Wildman–Crippen LogP) is 1.87. The molecule has 0 aliphatic heterocycles. The van der Waals surface area contributed by atoms with Crippen molar-refractivity contribution in [3.8, 4) is 0 Å². The van der Waals surface area contributed by atoms with Crippen molar-refractivity contribution in [3.05, 3.63) is 0 Å². The standard InChI is InChI=1S/C10H14O/c1-6(5-11)10-4-7-2-8(10)9(10)3-7/h5-9H,2-4H2,1H3. The van der Waals surface area contributed by atoms with Crippen LogP contribution in [0.5, 0.6) is 0 Å². The van der Waals surface area contributed by atoms with Crippen LogP contribution in [0.4, 0.5) is 0 Å². The van der Waals surface area contributed by atoms with E-state index < -0.39 is 0 Å². The Morgan fingerprint density at radius 2 is 2.09 bits per heavy atom. The molecule has 4 saturated carbocycles. The second kappa shape index (κ2) is 1.55. The van der Waals surface area contributed by atoms with Gasteiger partial charge in [0.15, 0.2) is 0 Å². The lowest BCUT2D eigenvalue weighted by atomic mass is 9.89. The van der Waals surface area contributed by atoms with E-state index in [1.54, 1.807) is 0 Å². The fourth-order valence-electron chi connectivity index (χ4n) is 4.17. The molecule has 4 rings (SSSR count). The third kappa shape index (κ3) is 0.473. The van der Waals surface area contributed by atoms with Gasteiger partial charge in [-0.15, -0.1) is 0 Å². The molecular formula is C10H14O. The van der Waals surface area contributed by atoms with Gasteiger partial charge in [-0.3, -0.25) is 0 Å². The highest BCUT2D eigenvalue weighted by Crippen LogP contribution is 2.81. The summed E-state index contributed by atoms with van der Waals surface area (Å²) in [5.41, 5.74) is 0.534. The van der Waals surface area contributed by atoms with E-state index in [0.29, 0.717) is 11.3 Å². The smallest absolute Gasteiger partial charge is 0.123 e. The zero-order valence-corrected chi connectivity index (χ0v) is 6.92. The Balaban J connectivity index is 1.95. The molecule has 4 fully saturated rings. The van der Waals surface area contributed by atoms with E-state index >= 15 is 0 Å². The molecule has 0 saturated heterocycles. The first-order valence-corrected chi connectivity index (χ1v) is 4.74. The van der Waals surface area contributed by atoms with E-state index in [-0.39, 0.29) is 0 Å². The largest absolute Gasteiger partial charge is 0.303 e. The molecule has 60 valence electrons. The van der Waals surface area contributed by atoms with Gasteiger partial charge in [0, 0.05) is 5.92 Å². The minimum Gasteiger partial charge on any atom is -0.303 e. The second-order valence-corrected chi connectivity index (χ2v) is 4.79. The summed E-state index contributed by atoms with van der Waals surface area (Å²) in [4.78, 5) is 10.7. The van der Waals surface area contributed by atoms with Gasteiger partial charge in [-0.2, -0.15) is 0 Å². The summed E-state index contributed by atoms with van der Waals surface area (Å²) in [5.74, 6) is 3.29. The maximum Gasteiger partial charge on any atom is 0.123 e. The Morgan fingerprint density at radius 3 is 2.45 bits per heavy atom. The lowest BCUT2D eigenvalue weighted by Gasteiger charge is -2.13. The SMILES string of the molecule is CC(C=O)C12CC3CC1C2C3. The van der Waals surface area contributed by atoms with Crippen LogP contribution in [0.2, 0.25) is 0 Å². The minimum atomic E-state index is 0.352. The summed E-state index contributed by atoms with van der Waals surface area (Å²) in [6.45, 7) is 2.12. The van der Waals surface area contributed by atoms with Gasteiger partial charge in [-0.1, -0.05) is 6.92 Å². The molecule has 0 aromatic carbocycles. The molecule has 1 heteroatoms. The predicted molar refractivity (Wildman–Crippen MR) is 42.0 cm³/mol. The summed E-state index contributed by atoms with van der Waals surface area (Å²) in [6.07, 6.45) is 5.45. The summed E-state index contributed by atoms with van der Waals surface area (Å²) >= 11 is 0. The van der Waals surface area contributed by atoms with Gasteiger partial charge in [-0.25, -0.2) is 0 Å². The van der Waals surface area contributed by atoms with E-state index in [4.69, 9.17) is 0 Å². The van der Waals surface area contributed by atoms with Crippen molar-refractivity contribution in [2.24, 2.45) is 29.1 Å². The van der Waals surface area contributed by atoms with Crippen LogP contribution >= 0.6 is 0 Å². The Bertz CT molecular complexity index is 209. The fourth-order valence-corrected chi connectivity index (χ4v) is 4.17. The van der Waals surface area contributed by atoms with Crippen LogP contribution in [0.25, 0.3) is 0 Å². The van der Waals surface area contributed by atoms with E-state index in [9.17, 15) is 4.79 Å². The summed E-state index contributed by atoms with van der Waals surface area (Å²) in [6, 6.07) is 0. The van der Waals surface area contributed by atoms with Crippen LogP contribution < -0.4 is 0 Å². The van der Waals surface area contributed by atoms with E-state index in [1.807, 2.05) is 0 Å². The average Bonchev–Trinajstić information content (AvgIpc) is 2.57. The van der Waals surface area contributed by atoms with Crippen molar-refractivity contribution in [1.82, 2.24) is 0 Å². The first kappa shape index (κ1) is 6.22.